The van der Waals surface area contributed by atoms with E-state index in [1.807, 2.05) is 30.3 Å². The van der Waals surface area contributed by atoms with Crippen molar-refractivity contribution >= 4 is 34.8 Å². The highest BCUT2D eigenvalue weighted by Crippen LogP contribution is 2.29. The number of hydrogen-bond acceptors (Lipinski definition) is 2. The quantitative estimate of drug-likeness (QED) is 0.677. The van der Waals surface area contributed by atoms with E-state index in [9.17, 15) is 9.90 Å². The molecule has 5 heteroatoms. The van der Waals surface area contributed by atoms with Crippen molar-refractivity contribution in [2.45, 2.75) is 49.6 Å². The van der Waals surface area contributed by atoms with E-state index in [1.165, 1.54) is 0 Å². The lowest BCUT2D eigenvalue weighted by Crippen LogP contribution is -2.47. The Balaban J connectivity index is 2.28. The molecule has 1 N–H and O–H groups in total. The molecule has 0 spiro atoms. The molecule has 1 unspecified atom stereocenters. The number of nitrogens with zero attached hydrogens (tertiary/aromatic N) is 1. The lowest BCUT2D eigenvalue weighted by atomic mass is 10.0. The summed E-state index contributed by atoms with van der Waals surface area (Å²) in [6.45, 7) is 0. The van der Waals surface area contributed by atoms with Gasteiger partial charge >= 0.3 is 0 Å². The number of aliphatic hydroxyl groups excluding tert-OH is 1. The van der Waals surface area contributed by atoms with Gasteiger partial charge in [-0.2, -0.15) is 0 Å². The zero-order valence-electron chi connectivity index (χ0n) is 11.9. The van der Waals surface area contributed by atoms with Crippen LogP contribution in [0.25, 0.3) is 0 Å². The second-order valence-corrected chi connectivity index (χ2v) is 6.43. The number of benzene rings is 1. The smallest absolute Gasteiger partial charge is 0.228 e. The maximum absolute atomic E-state index is 12.5. The average Bonchev–Trinajstić information content (AvgIpc) is 2.62. The largest absolute Gasteiger partial charge is 0.391 e. The number of alkyl halides is 2. The molecule has 1 fully saturated rings. The first-order valence-electron chi connectivity index (χ1n) is 7.38. The van der Waals surface area contributed by atoms with Crippen LogP contribution in [-0.4, -0.2) is 34.4 Å². The number of para-hydroxylation sites is 1. The molecule has 2 rings (SSSR count). The second-order valence-electron chi connectivity index (χ2n) is 5.44. The normalized spacial score (nSPS) is 26.1. The summed E-state index contributed by atoms with van der Waals surface area (Å²) in [5.74, 6) is 0.233. The molecule has 0 bridgehead atoms. The van der Waals surface area contributed by atoms with E-state index >= 15 is 0 Å². The van der Waals surface area contributed by atoms with E-state index in [2.05, 4.69) is 0 Å². The predicted molar refractivity (Wildman–Crippen MR) is 87.2 cm³/mol. The molecule has 0 saturated heterocycles. The number of hydrogen-bond donors (Lipinski definition) is 1. The molecule has 1 aliphatic carbocycles. The van der Waals surface area contributed by atoms with E-state index in [-0.39, 0.29) is 29.6 Å². The third-order valence-electron chi connectivity index (χ3n) is 3.90. The fourth-order valence-electron chi connectivity index (χ4n) is 2.89. The first kappa shape index (κ1) is 16.6. The highest BCUT2D eigenvalue weighted by atomic mass is 35.5. The summed E-state index contributed by atoms with van der Waals surface area (Å²) in [6, 6.07) is 9.25. The van der Waals surface area contributed by atoms with Crippen LogP contribution < -0.4 is 4.90 Å². The average molecular weight is 330 g/mol. The molecule has 3 atom stereocenters. The van der Waals surface area contributed by atoms with Gasteiger partial charge in [0, 0.05) is 23.4 Å². The number of anilines is 1. The van der Waals surface area contributed by atoms with Crippen LogP contribution in [0.1, 0.15) is 32.1 Å². The van der Waals surface area contributed by atoms with Crippen LogP contribution in [0.5, 0.6) is 0 Å². The van der Waals surface area contributed by atoms with Gasteiger partial charge in [-0.3, -0.25) is 4.79 Å². The predicted octanol–water partition coefficient (Wildman–Crippen LogP) is 3.56. The fourth-order valence-corrected chi connectivity index (χ4v) is 3.39. The highest BCUT2D eigenvalue weighted by Gasteiger charge is 2.33. The summed E-state index contributed by atoms with van der Waals surface area (Å²) >= 11 is 11.9. The van der Waals surface area contributed by atoms with Crippen molar-refractivity contribution in [3.63, 3.8) is 0 Å². The van der Waals surface area contributed by atoms with E-state index in [4.69, 9.17) is 23.2 Å². The van der Waals surface area contributed by atoms with Gasteiger partial charge in [-0.15, -0.1) is 23.2 Å². The van der Waals surface area contributed by atoms with Gasteiger partial charge in [-0.1, -0.05) is 18.2 Å². The Kier molecular flexibility index (Phi) is 6.34. The second kappa shape index (κ2) is 8.02. The standard InChI is InChI=1S/C16H21Cl2NO2/c17-10-9-16(21)19(13-6-2-1-3-7-13)14-8-4-5-12(18)11-15(14)20/h1-3,6-7,12,14-15,20H,4-5,8-11H2/t12?,14-,15-/m1/s1. The summed E-state index contributed by atoms with van der Waals surface area (Å²) in [4.78, 5) is 14.2. The maximum Gasteiger partial charge on any atom is 0.228 e. The Morgan fingerprint density at radius 3 is 2.67 bits per heavy atom. The highest BCUT2D eigenvalue weighted by molar-refractivity contribution is 6.20. The Bertz CT molecular complexity index is 455. The van der Waals surface area contributed by atoms with Crippen molar-refractivity contribution < 1.29 is 9.90 Å². The number of aliphatic hydroxyl groups is 1. The summed E-state index contributed by atoms with van der Waals surface area (Å²) in [5.41, 5.74) is 0.810. The summed E-state index contributed by atoms with van der Waals surface area (Å²) < 4.78 is 0. The molecule has 0 heterocycles. The van der Waals surface area contributed by atoms with Crippen LogP contribution in [0.2, 0.25) is 0 Å². The van der Waals surface area contributed by atoms with Gasteiger partial charge in [-0.25, -0.2) is 0 Å². The third-order valence-corrected chi connectivity index (χ3v) is 4.49. The van der Waals surface area contributed by atoms with E-state index in [0.29, 0.717) is 6.42 Å². The molecule has 1 amide bonds. The first-order valence-corrected chi connectivity index (χ1v) is 8.35. The van der Waals surface area contributed by atoms with Crippen LogP contribution in [0.4, 0.5) is 5.69 Å². The van der Waals surface area contributed by atoms with Crippen molar-refractivity contribution in [3.05, 3.63) is 30.3 Å². The van der Waals surface area contributed by atoms with Crippen molar-refractivity contribution in [2.75, 3.05) is 10.8 Å². The molecule has 1 aromatic rings. The molecule has 3 nitrogen and oxygen atoms in total. The molecule has 116 valence electrons. The summed E-state index contributed by atoms with van der Waals surface area (Å²) in [6.07, 6.45) is 2.73. The molecule has 1 aromatic carbocycles. The lowest BCUT2D eigenvalue weighted by molar-refractivity contribution is -0.119. The van der Waals surface area contributed by atoms with Gasteiger partial charge in [0.05, 0.1) is 12.1 Å². The number of halogens is 2. The van der Waals surface area contributed by atoms with Crippen LogP contribution >= 0.6 is 23.2 Å². The van der Waals surface area contributed by atoms with Crippen molar-refractivity contribution in [3.8, 4) is 0 Å². The van der Waals surface area contributed by atoms with Gasteiger partial charge in [0.2, 0.25) is 5.91 Å². The molecular formula is C16H21Cl2NO2. The van der Waals surface area contributed by atoms with Crippen LogP contribution in [0, 0.1) is 0 Å². The van der Waals surface area contributed by atoms with Crippen LogP contribution in [-0.2, 0) is 4.79 Å². The summed E-state index contributed by atoms with van der Waals surface area (Å²) in [5, 5.41) is 10.4. The van der Waals surface area contributed by atoms with E-state index < -0.39 is 6.10 Å². The zero-order chi connectivity index (χ0) is 15.2. The topological polar surface area (TPSA) is 40.5 Å². The zero-order valence-corrected chi connectivity index (χ0v) is 13.4. The molecular weight excluding hydrogens is 309 g/mol. The monoisotopic (exact) mass is 329 g/mol. The number of rotatable bonds is 4. The molecule has 0 aromatic heterocycles. The van der Waals surface area contributed by atoms with Crippen molar-refractivity contribution in [2.24, 2.45) is 0 Å². The Morgan fingerprint density at radius 2 is 2.00 bits per heavy atom. The molecule has 1 saturated carbocycles. The molecule has 21 heavy (non-hydrogen) atoms. The summed E-state index contributed by atoms with van der Waals surface area (Å²) in [7, 11) is 0. The van der Waals surface area contributed by atoms with Crippen molar-refractivity contribution in [1.82, 2.24) is 0 Å². The Morgan fingerprint density at radius 1 is 1.29 bits per heavy atom. The minimum absolute atomic E-state index is 0.0225. The fraction of sp³-hybridized carbons (Fsp3) is 0.562. The van der Waals surface area contributed by atoms with Crippen LogP contribution in [0.3, 0.4) is 0 Å². The lowest BCUT2D eigenvalue weighted by Gasteiger charge is -2.34. The number of carbonyl (C=O) groups excluding carboxylic acids is 1. The molecule has 0 aliphatic heterocycles. The van der Waals surface area contributed by atoms with Gasteiger partial charge in [-0.05, 0) is 37.8 Å². The minimum Gasteiger partial charge on any atom is -0.391 e. The van der Waals surface area contributed by atoms with Gasteiger partial charge in [0.15, 0.2) is 0 Å². The van der Waals surface area contributed by atoms with Gasteiger partial charge in [0.1, 0.15) is 0 Å². The van der Waals surface area contributed by atoms with Crippen LogP contribution in [0.15, 0.2) is 30.3 Å². The van der Waals surface area contributed by atoms with Gasteiger partial charge < -0.3 is 10.0 Å². The van der Waals surface area contributed by atoms with Gasteiger partial charge in [0.25, 0.3) is 0 Å². The van der Waals surface area contributed by atoms with E-state index in [0.717, 1.165) is 24.9 Å². The SMILES string of the molecule is O=C(CCCl)N(c1ccccc1)[C@@H]1CCCC(Cl)C[C@H]1O. The first-order chi connectivity index (χ1) is 10.1. The van der Waals surface area contributed by atoms with E-state index in [1.54, 1.807) is 4.90 Å². The maximum atomic E-state index is 12.5. The molecule has 0 radical (unpaired) electrons. The Labute approximate surface area is 135 Å². The third kappa shape index (κ3) is 4.35. The minimum atomic E-state index is -0.602. The Hall–Kier alpha value is -0.770. The molecule has 1 aliphatic rings. The number of carbonyl (C=O) groups is 1. The van der Waals surface area contributed by atoms with Crippen molar-refractivity contribution in [1.29, 1.82) is 0 Å². The number of amides is 1.